The summed E-state index contributed by atoms with van der Waals surface area (Å²) in [5.41, 5.74) is 4.67. The summed E-state index contributed by atoms with van der Waals surface area (Å²) in [6.07, 6.45) is 0.985. The highest BCUT2D eigenvalue weighted by atomic mass is 16.5. The molecule has 0 saturated carbocycles. The molecule has 0 bridgehead atoms. The van der Waals surface area contributed by atoms with Crippen molar-refractivity contribution >= 4 is 18.0 Å². The molecule has 2 amide bonds. The van der Waals surface area contributed by atoms with Crippen LogP contribution in [0.4, 0.5) is 4.79 Å². The van der Waals surface area contributed by atoms with Gasteiger partial charge in [0.05, 0.1) is 0 Å². The third-order valence-corrected chi connectivity index (χ3v) is 6.37. The molecule has 0 fully saturated rings. The number of rotatable bonds is 12. The minimum atomic E-state index is -0.856. The summed E-state index contributed by atoms with van der Waals surface area (Å²) in [6.45, 7) is 6.49. The molecule has 7 nitrogen and oxygen atoms in total. The first-order valence-corrected chi connectivity index (χ1v) is 12.3. The normalized spacial score (nSPS) is 14.1. The lowest BCUT2D eigenvalue weighted by Gasteiger charge is -2.19. The maximum atomic E-state index is 12.4. The van der Waals surface area contributed by atoms with Crippen LogP contribution in [0, 0.1) is 11.8 Å². The van der Waals surface area contributed by atoms with E-state index in [2.05, 4.69) is 34.9 Å². The van der Waals surface area contributed by atoms with Gasteiger partial charge in [-0.15, -0.1) is 0 Å². The lowest BCUT2D eigenvalue weighted by Crippen LogP contribution is -2.36. The Labute approximate surface area is 207 Å². The molecule has 0 heterocycles. The molecule has 1 unspecified atom stereocenters. The van der Waals surface area contributed by atoms with Crippen molar-refractivity contribution in [1.82, 2.24) is 10.6 Å². The van der Waals surface area contributed by atoms with E-state index < -0.39 is 12.1 Å². The molecule has 0 aromatic heterocycles. The topological polar surface area (TPSA) is 105 Å². The Kier molecular flexibility index (Phi) is 9.29. The number of fused-ring (bicyclic) bond motifs is 3. The number of benzene rings is 2. The number of carbonyl (C=O) groups excluding carboxylic acids is 2. The predicted octanol–water partition coefficient (Wildman–Crippen LogP) is 4.95. The molecule has 0 aliphatic heterocycles. The highest BCUT2D eigenvalue weighted by Gasteiger charge is 2.29. The summed E-state index contributed by atoms with van der Waals surface area (Å²) < 4.78 is 5.56. The van der Waals surface area contributed by atoms with Gasteiger partial charge in [0.15, 0.2) is 0 Å². The average molecular weight is 481 g/mol. The van der Waals surface area contributed by atoms with Gasteiger partial charge in [0.25, 0.3) is 0 Å². The van der Waals surface area contributed by atoms with Gasteiger partial charge in [-0.25, -0.2) is 4.79 Å². The van der Waals surface area contributed by atoms with Crippen molar-refractivity contribution in [2.24, 2.45) is 11.8 Å². The minimum absolute atomic E-state index is 0.00109. The molecule has 0 radical (unpaired) electrons. The minimum Gasteiger partial charge on any atom is -0.481 e. The Morgan fingerprint density at radius 1 is 0.971 bits per heavy atom. The van der Waals surface area contributed by atoms with Gasteiger partial charge in [-0.1, -0.05) is 62.4 Å². The monoisotopic (exact) mass is 480 g/mol. The number of carbonyl (C=O) groups is 3. The van der Waals surface area contributed by atoms with Crippen LogP contribution < -0.4 is 10.6 Å². The Morgan fingerprint density at radius 3 is 2.14 bits per heavy atom. The quantitative estimate of drug-likeness (QED) is 0.399. The number of aliphatic carboxylic acids is 1. The smallest absolute Gasteiger partial charge is 0.407 e. The second-order valence-corrected chi connectivity index (χ2v) is 9.81. The van der Waals surface area contributed by atoms with E-state index >= 15 is 0 Å². The van der Waals surface area contributed by atoms with Crippen molar-refractivity contribution in [1.29, 1.82) is 0 Å². The van der Waals surface area contributed by atoms with Crippen molar-refractivity contribution in [3.05, 3.63) is 59.7 Å². The van der Waals surface area contributed by atoms with Crippen LogP contribution in [-0.2, 0) is 14.3 Å². The van der Waals surface area contributed by atoms with E-state index in [4.69, 9.17) is 9.84 Å². The number of carboxylic acid groups (broad SMARTS) is 1. The third-order valence-electron chi connectivity index (χ3n) is 6.37. The van der Waals surface area contributed by atoms with Gasteiger partial charge in [-0.05, 0) is 53.9 Å². The van der Waals surface area contributed by atoms with E-state index in [1.807, 2.05) is 45.0 Å². The van der Waals surface area contributed by atoms with Gasteiger partial charge >= 0.3 is 12.1 Å². The van der Waals surface area contributed by atoms with E-state index in [9.17, 15) is 14.4 Å². The molecule has 2 aromatic rings. The first kappa shape index (κ1) is 26.3. The first-order valence-electron chi connectivity index (χ1n) is 12.3. The number of carboxylic acids is 1. The summed E-state index contributed by atoms with van der Waals surface area (Å²) in [5.74, 6) is -0.736. The Morgan fingerprint density at radius 2 is 1.57 bits per heavy atom. The zero-order valence-corrected chi connectivity index (χ0v) is 20.8. The van der Waals surface area contributed by atoms with Crippen molar-refractivity contribution in [2.45, 2.75) is 58.4 Å². The summed E-state index contributed by atoms with van der Waals surface area (Å²) in [4.78, 5) is 35.7. The van der Waals surface area contributed by atoms with Crippen LogP contribution in [0.1, 0.15) is 63.5 Å². The average Bonchev–Trinajstić information content (AvgIpc) is 3.13. The molecular weight excluding hydrogens is 444 g/mol. The number of hydrogen-bond donors (Lipinski definition) is 3. The molecule has 2 atom stereocenters. The number of amides is 2. The molecule has 0 spiro atoms. The van der Waals surface area contributed by atoms with E-state index in [1.165, 1.54) is 11.1 Å². The molecule has 3 N–H and O–H groups in total. The van der Waals surface area contributed by atoms with Gasteiger partial charge in [0, 0.05) is 31.3 Å². The standard InChI is InChI=1S/C28H36N2O5/c1-18(2)14-20(15-27(32)33)16-29-26(31)13-12-19(3)30-28(34)35-17-25-23-10-6-4-8-21(23)22-9-5-7-11-24(22)25/h4-11,18-20,25H,12-17H2,1-3H3,(H,29,31)(H,30,34)(H,32,33)/t19?,20-/m0/s1. The second-order valence-electron chi connectivity index (χ2n) is 9.81. The Balaban J connectivity index is 1.42. The Hall–Kier alpha value is -3.35. The first-order chi connectivity index (χ1) is 16.7. The van der Waals surface area contributed by atoms with Gasteiger partial charge in [0.2, 0.25) is 5.91 Å². The van der Waals surface area contributed by atoms with Crippen LogP contribution in [0.15, 0.2) is 48.5 Å². The maximum absolute atomic E-state index is 12.4. The summed E-state index contributed by atoms with van der Waals surface area (Å²) >= 11 is 0. The van der Waals surface area contributed by atoms with E-state index in [1.54, 1.807) is 0 Å². The molecule has 1 aliphatic rings. The lowest BCUT2D eigenvalue weighted by atomic mass is 9.94. The van der Waals surface area contributed by atoms with Crippen LogP contribution in [0.2, 0.25) is 0 Å². The molecule has 1 aliphatic carbocycles. The van der Waals surface area contributed by atoms with Crippen LogP contribution in [0.25, 0.3) is 11.1 Å². The number of hydrogen-bond acceptors (Lipinski definition) is 4. The van der Waals surface area contributed by atoms with E-state index in [0.717, 1.165) is 17.5 Å². The van der Waals surface area contributed by atoms with Crippen molar-refractivity contribution < 1.29 is 24.2 Å². The van der Waals surface area contributed by atoms with Crippen LogP contribution in [0.3, 0.4) is 0 Å². The summed E-state index contributed by atoms with van der Waals surface area (Å²) in [7, 11) is 0. The summed E-state index contributed by atoms with van der Waals surface area (Å²) in [6, 6.07) is 16.1. The van der Waals surface area contributed by atoms with Gasteiger partial charge < -0.3 is 20.5 Å². The molecule has 35 heavy (non-hydrogen) atoms. The molecule has 2 aromatic carbocycles. The predicted molar refractivity (Wildman–Crippen MR) is 135 cm³/mol. The summed E-state index contributed by atoms with van der Waals surface area (Å²) in [5, 5.41) is 14.7. The lowest BCUT2D eigenvalue weighted by molar-refractivity contribution is -0.138. The highest BCUT2D eigenvalue weighted by Crippen LogP contribution is 2.44. The van der Waals surface area contributed by atoms with Crippen LogP contribution >= 0.6 is 0 Å². The molecule has 3 rings (SSSR count). The zero-order chi connectivity index (χ0) is 25.4. The number of alkyl carbamates (subject to hydrolysis) is 1. The maximum Gasteiger partial charge on any atom is 0.407 e. The van der Waals surface area contributed by atoms with Crippen LogP contribution in [-0.4, -0.2) is 42.3 Å². The second kappa shape index (κ2) is 12.4. The fourth-order valence-corrected chi connectivity index (χ4v) is 4.76. The van der Waals surface area contributed by atoms with Gasteiger partial charge in [-0.3, -0.25) is 9.59 Å². The molecule has 7 heteroatoms. The van der Waals surface area contributed by atoms with E-state index in [-0.39, 0.29) is 43.2 Å². The molecule has 0 saturated heterocycles. The van der Waals surface area contributed by atoms with Crippen molar-refractivity contribution in [3.63, 3.8) is 0 Å². The van der Waals surface area contributed by atoms with Gasteiger partial charge in [-0.2, -0.15) is 0 Å². The fraction of sp³-hybridized carbons (Fsp3) is 0.464. The zero-order valence-electron chi connectivity index (χ0n) is 20.8. The largest absolute Gasteiger partial charge is 0.481 e. The number of ether oxygens (including phenoxy) is 1. The van der Waals surface area contributed by atoms with Gasteiger partial charge in [0.1, 0.15) is 6.61 Å². The van der Waals surface area contributed by atoms with Crippen molar-refractivity contribution in [3.8, 4) is 11.1 Å². The molecular formula is C28H36N2O5. The SMILES string of the molecule is CC(C)C[C@H](CNC(=O)CCC(C)NC(=O)OCC1c2ccccc2-c2ccccc21)CC(=O)O. The van der Waals surface area contributed by atoms with Crippen molar-refractivity contribution in [2.75, 3.05) is 13.2 Å². The highest BCUT2D eigenvalue weighted by molar-refractivity contribution is 5.79. The van der Waals surface area contributed by atoms with E-state index in [0.29, 0.717) is 18.9 Å². The molecule has 188 valence electrons. The third kappa shape index (κ3) is 7.57. The Bertz CT molecular complexity index is 990. The van der Waals surface area contributed by atoms with Crippen LogP contribution in [0.5, 0.6) is 0 Å². The fourth-order valence-electron chi connectivity index (χ4n) is 4.76. The number of nitrogens with one attached hydrogen (secondary N) is 2.